The van der Waals surface area contributed by atoms with Gasteiger partial charge in [0.15, 0.2) is 11.2 Å². The van der Waals surface area contributed by atoms with Gasteiger partial charge >= 0.3 is 5.69 Å². The molecule has 0 N–H and O–H groups in total. The Morgan fingerprint density at radius 2 is 1.71 bits per heavy atom. The second-order valence-electron chi connectivity index (χ2n) is 7.07. The van der Waals surface area contributed by atoms with Crippen LogP contribution in [0.3, 0.4) is 0 Å². The van der Waals surface area contributed by atoms with E-state index < -0.39 is 11.2 Å². The standard InChI is InChI=1S/C19H24N6O3/c1-21(2)14-8-6-13(7-9-14)10-22(3)15(26)11-25-18(27)16-17(20-12-23(16)4)24(5)19(25)28/h6-9,12H,10-11H2,1-5H3. The fourth-order valence-electron chi connectivity index (χ4n) is 3.05. The molecule has 0 spiro atoms. The lowest BCUT2D eigenvalue weighted by Gasteiger charge is -2.19. The van der Waals surface area contributed by atoms with Gasteiger partial charge in [0.2, 0.25) is 5.91 Å². The van der Waals surface area contributed by atoms with Crippen LogP contribution in [0.25, 0.3) is 11.2 Å². The number of nitrogens with zero attached hydrogens (tertiary/aromatic N) is 6. The third-order valence-corrected chi connectivity index (χ3v) is 4.79. The molecule has 0 aliphatic heterocycles. The number of aromatic nitrogens is 4. The summed E-state index contributed by atoms with van der Waals surface area (Å²) in [5, 5.41) is 0. The zero-order valence-corrected chi connectivity index (χ0v) is 16.7. The van der Waals surface area contributed by atoms with Crippen molar-refractivity contribution in [1.82, 2.24) is 23.6 Å². The SMILES string of the molecule is CN(Cc1ccc(N(C)C)cc1)C(=O)Cn1c(=O)c2c(ncn2C)n(C)c1=O. The highest BCUT2D eigenvalue weighted by Crippen LogP contribution is 2.13. The van der Waals surface area contributed by atoms with Crippen molar-refractivity contribution in [1.29, 1.82) is 0 Å². The van der Waals surface area contributed by atoms with E-state index in [4.69, 9.17) is 0 Å². The number of anilines is 1. The monoisotopic (exact) mass is 384 g/mol. The molecule has 148 valence electrons. The van der Waals surface area contributed by atoms with Crippen LogP contribution in [0.2, 0.25) is 0 Å². The Morgan fingerprint density at radius 1 is 1.07 bits per heavy atom. The molecule has 3 aromatic rings. The van der Waals surface area contributed by atoms with Gasteiger partial charge in [0.05, 0.1) is 6.33 Å². The van der Waals surface area contributed by atoms with Gasteiger partial charge in [-0.15, -0.1) is 0 Å². The Bertz CT molecular complexity index is 1140. The van der Waals surface area contributed by atoms with Crippen LogP contribution >= 0.6 is 0 Å². The lowest BCUT2D eigenvalue weighted by atomic mass is 10.2. The molecular weight excluding hydrogens is 360 g/mol. The Morgan fingerprint density at radius 3 is 2.32 bits per heavy atom. The smallest absolute Gasteiger partial charge is 0.332 e. The van der Waals surface area contributed by atoms with Gasteiger partial charge in [0.25, 0.3) is 5.56 Å². The number of rotatable bonds is 5. The second kappa shape index (κ2) is 7.34. The molecule has 1 amide bonds. The summed E-state index contributed by atoms with van der Waals surface area (Å²) in [5.41, 5.74) is 1.54. The number of likely N-dealkylation sites (N-methyl/N-ethyl adjacent to an activating group) is 1. The molecule has 0 aliphatic rings. The first-order chi connectivity index (χ1) is 13.2. The molecule has 0 fully saturated rings. The first-order valence-electron chi connectivity index (χ1n) is 8.81. The van der Waals surface area contributed by atoms with E-state index in [9.17, 15) is 14.4 Å². The van der Waals surface area contributed by atoms with Gasteiger partial charge in [0.1, 0.15) is 6.54 Å². The second-order valence-corrected chi connectivity index (χ2v) is 7.07. The molecule has 9 heteroatoms. The van der Waals surface area contributed by atoms with Crippen molar-refractivity contribution in [2.45, 2.75) is 13.1 Å². The highest BCUT2D eigenvalue weighted by atomic mass is 16.2. The number of amides is 1. The van der Waals surface area contributed by atoms with E-state index in [2.05, 4.69) is 4.98 Å². The van der Waals surface area contributed by atoms with Crippen molar-refractivity contribution in [3.8, 4) is 0 Å². The Hall–Kier alpha value is -3.36. The molecule has 0 bridgehead atoms. The van der Waals surface area contributed by atoms with Crippen LogP contribution in [0.5, 0.6) is 0 Å². The normalized spacial score (nSPS) is 11.0. The Labute approximate surface area is 162 Å². The van der Waals surface area contributed by atoms with Crippen LogP contribution in [-0.4, -0.2) is 50.6 Å². The maximum absolute atomic E-state index is 12.7. The van der Waals surface area contributed by atoms with Gasteiger partial charge < -0.3 is 14.4 Å². The first kappa shape index (κ1) is 19.4. The number of fused-ring (bicyclic) bond motifs is 1. The van der Waals surface area contributed by atoms with Crippen LogP contribution in [0.15, 0.2) is 40.2 Å². The van der Waals surface area contributed by atoms with Crippen LogP contribution in [-0.2, 0) is 32.0 Å². The van der Waals surface area contributed by atoms with Crippen LogP contribution in [0.4, 0.5) is 5.69 Å². The molecule has 0 unspecified atom stereocenters. The van der Waals surface area contributed by atoms with Crippen molar-refractivity contribution in [2.75, 3.05) is 26.0 Å². The number of aryl methyl sites for hydroxylation is 2. The average molecular weight is 384 g/mol. The van der Waals surface area contributed by atoms with E-state index in [1.54, 1.807) is 18.7 Å². The van der Waals surface area contributed by atoms with Crippen molar-refractivity contribution >= 4 is 22.8 Å². The van der Waals surface area contributed by atoms with Crippen LogP contribution in [0, 0.1) is 0 Å². The van der Waals surface area contributed by atoms with Gasteiger partial charge in [0, 0.05) is 47.5 Å². The third kappa shape index (κ3) is 3.42. The summed E-state index contributed by atoms with van der Waals surface area (Å²) in [6.45, 7) is 0.0640. The van der Waals surface area contributed by atoms with Gasteiger partial charge in [-0.1, -0.05) is 12.1 Å². The molecular formula is C19H24N6O3. The summed E-state index contributed by atoms with van der Waals surface area (Å²) in [6.07, 6.45) is 1.47. The molecule has 2 heterocycles. The number of carbonyl (C=O) groups is 1. The number of benzene rings is 1. The molecule has 9 nitrogen and oxygen atoms in total. The molecule has 0 saturated carbocycles. The molecule has 0 aliphatic carbocycles. The highest BCUT2D eigenvalue weighted by Gasteiger charge is 2.18. The average Bonchev–Trinajstić information content (AvgIpc) is 3.05. The lowest BCUT2D eigenvalue weighted by Crippen LogP contribution is -2.43. The zero-order valence-electron chi connectivity index (χ0n) is 16.7. The minimum Gasteiger partial charge on any atom is -0.378 e. The molecule has 0 saturated heterocycles. The minimum absolute atomic E-state index is 0.289. The van der Waals surface area contributed by atoms with Gasteiger partial charge in [-0.3, -0.25) is 14.2 Å². The molecule has 0 atom stereocenters. The summed E-state index contributed by atoms with van der Waals surface area (Å²) in [4.78, 5) is 45.5. The van der Waals surface area contributed by atoms with Crippen LogP contribution in [0.1, 0.15) is 5.56 Å². The van der Waals surface area contributed by atoms with E-state index >= 15 is 0 Å². The Balaban J connectivity index is 1.83. The van der Waals surface area contributed by atoms with Gasteiger partial charge in [-0.2, -0.15) is 0 Å². The van der Waals surface area contributed by atoms with E-state index in [0.29, 0.717) is 12.2 Å². The maximum Gasteiger partial charge on any atom is 0.332 e. The number of carbonyl (C=O) groups excluding carboxylic acids is 1. The predicted molar refractivity (Wildman–Crippen MR) is 107 cm³/mol. The largest absolute Gasteiger partial charge is 0.378 e. The molecule has 0 radical (unpaired) electrons. The van der Waals surface area contributed by atoms with Crippen molar-refractivity contribution in [3.63, 3.8) is 0 Å². The summed E-state index contributed by atoms with van der Waals surface area (Å²) in [5.74, 6) is -0.322. The highest BCUT2D eigenvalue weighted by molar-refractivity contribution is 5.76. The van der Waals surface area contributed by atoms with E-state index in [0.717, 1.165) is 15.8 Å². The number of hydrogen-bond donors (Lipinski definition) is 0. The molecule has 3 rings (SSSR count). The van der Waals surface area contributed by atoms with Crippen LogP contribution < -0.4 is 16.1 Å². The zero-order chi connectivity index (χ0) is 20.6. The summed E-state index contributed by atoms with van der Waals surface area (Å²) < 4.78 is 3.79. The summed E-state index contributed by atoms with van der Waals surface area (Å²) in [7, 11) is 8.79. The fraction of sp³-hybridized carbons (Fsp3) is 0.368. The first-order valence-corrected chi connectivity index (χ1v) is 8.81. The number of imidazole rings is 1. The fourth-order valence-corrected chi connectivity index (χ4v) is 3.05. The van der Waals surface area contributed by atoms with E-state index in [1.165, 1.54) is 22.8 Å². The minimum atomic E-state index is -0.562. The summed E-state index contributed by atoms with van der Waals surface area (Å²) >= 11 is 0. The maximum atomic E-state index is 12.7. The topological polar surface area (TPSA) is 85.4 Å². The quantitative estimate of drug-likeness (QED) is 0.626. The van der Waals surface area contributed by atoms with Crippen molar-refractivity contribution in [2.24, 2.45) is 14.1 Å². The van der Waals surface area contributed by atoms with E-state index in [-0.39, 0.29) is 18.0 Å². The molecule has 1 aromatic carbocycles. The molecule has 2 aromatic heterocycles. The number of hydrogen-bond acceptors (Lipinski definition) is 5. The van der Waals surface area contributed by atoms with E-state index in [1.807, 2.05) is 43.3 Å². The van der Waals surface area contributed by atoms with Gasteiger partial charge in [-0.05, 0) is 17.7 Å². The van der Waals surface area contributed by atoms with Crippen molar-refractivity contribution in [3.05, 3.63) is 57.0 Å². The summed E-state index contributed by atoms with van der Waals surface area (Å²) in [6, 6.07) is 7.85. The van der Waals surface area contributed by atoms with Crippen molar-refractivity contribution < 1.29 is 4.79 Å². The molecule has 28 heavy (non-hydrogen) atoms. The lowest BCUT2D eigenvalue weighted by molar-refractivity contribution is -0.131. The third-order valence-electron chi connectivity index (χ3n) is 4.79. The predicted octanol–water partition coefficient (Wildman–Crippen LogP) is 0.158. The Kier molecular flexibility index (Phi) is 5.08. The van der Waals surface area contributed by atoms with Gasteiger partial charge in [-0.25, -0.2) is 14.3 Å².